The molecule has 0 saturated heterocycles. The summed E-state index contributed by atoms with van der Waals surface area (Å²) in [6, 6.07) is 3.65. The van der Waals surface area contributed by atoms with E-state index in [9.17, 15) is 0 Å². The predicted molar refractivity (Wildman–Crippen MR) is 168 cm³/mol. The Bertz CT molecular complexity index is 595. The Morgan fingerprint density at radius 2 is 0.632 bits per heavy atom. The van der Waals surface area contributed by atoms with Crippen molar-refractivity contribution >= 4 is 11.4 Å². The lowest BCUT2D eigenvalue weighted by atomic mass is 10.1. The molecule has 0 aliphatic carbocycles. The SMILES string of the molecule is CCCCCCCCCCCCCCOc1cc(N)c(N)cc1OCCCCCCCCCCCCCC. The molecule has 0 bridgehead atoms. The normalized spacial score (nSPS) is 11.2. The van der Waals surface area contributed by atoms with Gasteiger partial charge >= 0.3 is 0 Å². The maximum Gasteiger partial charge on any atom is 0.163 e. The summed E-state index contributed by atoms with van der Waals surface area (Å²) in [5.41, 5.74) is 13.2. The van der Waals surface area contributed by atoms with Gasteiger partial charge in [0.25, 0.3) is 0 Å². The number of ether oxygens (including phenoxy) is 2. The molecule has 0 aromatic heterocycles. The molecule has 1 aromatic carbocycles. The molecule has 0 aliphatic rings. The summed E-state index contributed by atoms with van der Waals surface area (Å²) >= 11 is 0. The van der Waals surface area contributed by atoms with Crippen LogP contribution >= 0.6 is 0 Å². The van der Waals surface area contributed by atoms with Gasteiger partial charge in [-0.25, -0.2) is 0 Å². The molecule has 0 radical (unpaired) electrons. The van der Waals surface area contributed by atoms with Gasteiger partial charge in [0.1, 0.15) is 0 Å². The monoisotopic (exact) mass is 532 g/mol. The summed E-state index contributed by atoms with van der Waals surface area (Å²) in [5.74, 6) is 1.47. The number of benzene rings is 1. The van der Waals surface area contributed by atoms with Crippen LogP contribution in [0.1, 0.15) is 168 Å². The van der Waals surface area contributed by atoms with E-state index in [1.807, 2.05) is 12.1 Å². The van der Waals surface area contributed by atoms with Gasteiger partial charge in [-0.3, -0.25) is 0 Å². The van der Waals surface area contributed by atoms with Crippen LogP contribution in [0.5, 0.6) is 11.5 Å². The first-order chi connectivity index (χ1) is 18.7. The third-order valence-electron chi connectivity index (χ3n) is 7.66. The van der Waals surface area contributed by atoms with Crippen molar-refractivity contribution in [3.63, 3.8) is 0 Å². The minimum absolute atomic E-state index is 0.562. The molecule has 4 heteroatoms. The van der Waals surface area contributed by atoms with Crippen molar-refractivity contribution in [2.45, 2.75) is 168 Å². The van der Waals surface area contributed by atoms with E-state index >= 15 is 0 Å². The molecule has 0 amide bonds. The lowest BCUT2D eigenvalue weighted by molar-refractivity contribution is 0.258. The first-order valence-corrected chi connectivity index (χ1v) is 16.6. The molecule has 4 N–H and O–H groups in total. The molecule has 1 rings (SSSR count). The second kappa shape index (κ2) is 25.7. The zero-order valence-corrected chi connectivity index (χ0v) is 25.5. The summed E-state index contributed by atoms with van der Waals surface area (Å²) in [7, 11) is 0. The summed E-state index contributed by atoms with van der Waals surface area (Å²) in [6.45, 7) is 5.97. The highest BCUT2D eigenvalue weighted by Crippen LogP contribution is 2.34. The lowest BCUT2D eigenvalue weighted by Gasteiger charge is -2.15. The topological polar surface area (TPSA) is 70.5 Å². The minimum atomic E-state index is 0.562. The number of hydrogen-bond acceptors (Lipinski definition) is 4. The number of anilines is 2. The number of rotatable bonds is 28. The molecule has 0 saturated carbocycles. The van der Waals surface area contributed by atoms with Gasteiger partial charge < -0.3 is 20.9 Å². The van der Waals surface area contributed by atoms with E-state index in [-0.39, 0.29) is 0 Å². The van der Waals surface area contributed by atoms with Crippen molar-refractivity contribution in [1.82, 2.24) is 0 Å². The highest BCUT2D eigenvalue weighted by atomic mass is 16.5. The molecule has 0 aliphatic heterocycles. The Morgan fingerprint density at radius 3 is 0.895 bits per heavy atom. The molecule has 1 aromatic rings. The van der Waals surface area contributed by atoms with Crippen LogP contribution in [0.4, 0.5) is 11.4 Å². The standard InChI is InChI=1S/C34H64N2O2/c1-3-5-7-9-11-13-15-17-19-21-23-25-27-37-33-29-31(35)32(36)30-34(33)38-28-26-24-22-20-18-16-14-12-10-8-6-4-2/h29-30H,3-28,35-36H2,1-2H3. The molecule has 4 nitrogen and oxygen atoms in total. The van der Waals surface area contributed by atoms with Crippen LogP contribution in [-0.2, 0) is 0 Å². The van der Waals surface area contributed by atoms with Gasteiger partial charge in [0.2, 0.25) is 0 Å². The van der Waals surface area contributed by atoms with Gasteiger partial charge in [0.15, 0.2) is 11.5 Å². The van der Waals surface area contributed by atoms with Crippen LogP contribution in [0, 0.1) is 0 Å². The second-order valence-electron chi connectivity index (χ2n) is 11.4. The number of hydrogen-bond donors (Lipinski definition) is 2. The second-order valence-corrected chi connectivity index (χ2v) is 11.4. The van der Waals surface area contributed by atoms with Crippen molar-refractivity contribution in [1.29, 1.82) is 0 Å². The van der Waals surface area contributed by atoms with Gasteiger partial charge in [-0.05, 0) is 12.8 Å². The summed E-state index contributed by atoms with van der Waals surface area (Å²) in [6.07, 6.45) is 32.2. The Balaban J connectivity index is 2.08. The van der Waals surface area contributed by atoms with Crippen LogP contribution in [0.15, 0.2) is 12.1 Å². The Labute approximate surface area is 237 Å². The first-order valence-electron chi connectivity index (χ1n) is 16.6. The van der Waals surface area contributed by atoms with Crippen molar-refractivity contribution in [2.75, 3.05) is 24.7 Å². The van der Waals surface area contributed by atoms with E-state index in [2.05, 4.69) is 13.8 Å². The fourth-order valence-electron chi connectivity index (χ4n) is 5.07. The average Bonchev–Trinajstić information content (AvgIpc) is 2.91. The van der Waals surface area contributed by atoms with Gasteiger partial charge in [-0.1, -0.05) is 155 Å². The molecular formula is C34H64N2O2. The molecular weight excluding hydrogens is 468 g/mol. The highest BCUT2D eigenvalue weighted by molar-refractivity contribution is 5.69. The Hall–Kier alpha value is -1.58. The number of nitrogen functional groups attached to an aromatic ring is 2. The van der Waals surface area contributed by atoms with E-state index in [1.54, 1.807) is 0 Å². The minimum Gasteiger partial charge on any atom is -0.490 e. The molecule has 0 spiro atoms. The zero-order valence-electron chi connectivity index (χ0n) is 25.5. The largest absolute Gasteiger partial charge is 0.490 e. The third-order valence-corrected chi connectivity index (χ3v) is 7.66. The molecule has 0 unspecified atom stereocenters. The van der Waals surface area contributed by atoms with Gasteiger partial charge in [0, 0.05) is 12.1 Å². The van der Waals surface area contributed by atoms with Crippen LogP contribution in [0.25, 0.3) is 0 Å². The van der Waals surface area contributed by atoms with Crippen molar-refractivity contribution in [2.24, 2.45) is 0 Å². The third kappa shape index (κ3) is 19.5. The molecule has 38 heavy (non-hydrogen) atoms. The van der Waals surface area contributed by atoms with Crippen LogP contribution in [0.2, 0.25) is 0 Å². The quantitative estimate of drug-likeness (QED) is 0.0831. The number of nitrogens with two attached hydrogens (primary N) is 2. The maximum atomic E-state index is 6.07. The van der Waals surface area contributed by atoms with Crippen molar-refractivity contribution in [3.05, 3.63) is 12.1 Å². The smallest absolute Gasteiger partial charge is 0.163 e. The predicted octanol–water partition coefficient (Wildman–Crippen LogP) is 11.0. The van der Waals surface area contributed by atoms with Gasteiger partial charge in [0.05, 0.1) is 24.6 Å². The highest BCUT2D eigenvalue weighted by Gasteiger charge is 2.09. The van der Waals surface area contributed by atoms with Gasteiger partial charge in [-0.15, -0.1) is 0 Å². The Morgan fingerprint density at radius 1 is 0.395 bits per heavy atom. The molecule has 0 fully saturated rings. The van der Waals surface area contributed by atoms with Crippen LogP contribution in [0.3, 0.4) is 0 Å². The zero-order chi connectivity index (χ0) is 27.5. The summed E-state index contributed by atoms with van der Waals surface area (Å²) in [5, 5.41) is 0. The van der Waals surface area contributed by atoms with E-state index in [0.29, 0.717) is 24.6 Å². The van der Waals surface area contributed by atoms with Crippen molar-refractivity contribution < 1.29 is 9.47 Å². The summed E-state index contributed by atoms with van der Waals surface area (Å²) < 4.78 is 12.1. The maximum absolute atomic E-state index is 6.07. The number of unbranched alkanes of at least 4 members (excludes halogenated alkanes) is 22. The fraction of sp³-hybridized carbons (Fsp3) is 0.824. The van der Waals surface area contributed by atoms with Crippen LogP contribution < -0.4 is 20.9 Å². The Kier molecular flexibility index (Phi) is 23.3. The first kappa shape index (κ1) is 34.4. The molecule has 0 heterocycles. The van der Waals surface area contributed by atoms with E-state index < -0.39 is 0 Å². The van der Waals surface area contributed by atoms with E-state index in [0.717, 1.165) is 24.3 Å². The molecule has 0 atom stereocenters. The van der Waals surface area contributed by atoms with Gasteiger partial charge in [-0.2, -0.15) is 0 Å². The average molecular weight is 533 g/mol. The van der Waals surface area contributed by atoms with E-state index in [4.69, 9.17) is 20.9 Å². The van der Waals surface area contributed by atoms with Crippen LogP contribution in [-0.4, -0.2) is 13.2 Å². The lowest BCUT2D eigenvalue weighted by Crippen LogP contribution is -2.05. The summed E-state index contributed by atoms with van der Waals surface area (Å²) in [4.78, 5) is 0. The van der Waals surface area contributed by atoms with Crippen molar-refractivity contribution in [3.8, 4) is 11.5 Å². The van der Waals surface area contributed by atoms with E-state index in [1.165, 1.54) is 141 Å². The molecule has 222 valence electrons. The fourth-order valence-corrected chi connectivity index (χ4v) is 5.07.